The lowest BCUT2D eigenvalue weighted by Gasteiger charge is -2.38. The summed E-state index contributed by atoms with van der Waals surface area (Å²) in [5.41, 5.74) is 6.03. The van der Waals surface area contributed by atoms with Crippen molar-refractivity contribution in [1.29, 1.82) is 0 Å². The van der Waals surface area contributed by atoms with Crippen LogP contribution in [0.15, 0.2) is 0 Å². The van der Waals surface area contributed by atoms with Gasteiger partial charge in [0.25, 0.3) is 0 Å². The summed E-state index contributed by atoms with van der Waals surface area (Å²) in [4.78, 5) is 34.0. The maximum atomic E-state index is 11.7. The van der Waals surface area contributed by atoms with Crippen LogP contribution in [0.1, 0.15) is 52.9 Å². The van der Waals surface area contributed by atoms with E-state index in [9.17, 15) is 14.4 Å². The molecule has 1 saturated carbocycles. The highest BCUT2D eigenvalue weighted by Gasteiger charge is 2.41. The van der Waals surface area contributed by atoms with E-state index < -0.39 is 24.0 Å². The van der Waals surface area contributed by atoms with E-state index in [2.05, 4.69) is 26.1 Å². The Kier molecular flexibility index (Phi) is 8.02. The number of ether oxygens (including phenoxy) is 1. The van der Waals surface area contributed by atoms with Crippen LogP contribution in [-0.2, 0) is 19.1 Å². The minimum atomic E-state index is -1.04. The molecule has 0 spiro atoms. The molecule has 0 heterocycles. The number of hydrogen-bond acceptors (Lipinski definition) is 6. The molecule has 0 amide bonds. The maximum absolute atomic E-state index is 11.7. The van der Waals surface area contributed by atoms with Crippen molar-refractivity contribution in [1.82, 2.24) is 5.32 Å². The lowest BCUT2D eigenvalue weighted by atomic mass is 9.71. The second-order valence-electron chi connectivity index (χ2n) is 8.05. The van der Waals surface area contributed by atoms with E-state index in [1.165, 1.54) is 7.11 Å². The number of rotatable bonds is 9. The first kappa shape index (κ1) is 21.6. The van der Waals surface area contributed by atoms with Gasteiger partial charge in [0, 0.05) is 6.04 Å². The summed E-state index contributed by atoms with van der Waals surface area (Å²) in [6.07, 6.45) is 3.75. The Balaban J connectivity index is 2.99. The molecule has 0 aromatic carbocycles. The molecule has 7 heteroatoms. The first-order valence-electron chi connectivity index (χ1n) is 8.86. The van der Waals surface area contributed by atoms with Gasteiger partial charge in [-0.05, 0) is 36.5 Å². The predicted octanol–water partition coefficient (Wildman–Crippen LogP) is 1.34. The van der Waals surface area contributed by atoms with Crippen LogP contribution in [0.5, 0.6) is 0 Å². The van der Waals surface area contributed by atoms with E-state index in [1.54, 1.807) is 0 Å². The number of methoxy groups -OCH3 is 1. The van der Waals surface area contributed by atoms with Gasteiger partial charge >= 0.3 is 11.9 Å². The van der Waals surface area contributed by atoms with E-state index in [-0.39, 0.29) is 23.8 Å². The third kappa shape index (κ3) is 6.40. The molecule has 0 radical (unpaired) electrons. The van der Waals surface area contributed by atoms with Gasteiger partial charge in [-0.1, -0.05) is 27.2 Å². The van der Waals surface area contributed by atoms with E-state index in [4.69, 9.17) is 15.6 Å². The summed E-state index contributed by atoms with van der Waals surface area (Å²) < 4.78 is 4.71. The van der Waals surface area contributed by atoms with E-state index in [0.717, 1.165) is 19.3 Å². The van der Waals surface area contributed by atoms with Crippen LogP contribution in [-0.4, -0.2) is 48.6 Å². The van der Waals surface area contributed by atoms with Gasteiger partial charge < -0.3 is 25.7 Å². The van der Waals surface area contributed by atoms with Crippen LogP contribution in [0.2, 0.25) is 0 Å². The molecule has 25 heavy (non-hydrogen) atoms. The molecule has 0 saturated heterocycles. The summed E-state index contributed by atoms with van der Waals surface area (Å²) >= 11 is 0. The third-order valence-electron chi connectivity index (χ3n) is 5.20. The summed E-state index contributed by atoms with van der Waals surface area (Å²) in [5, 5.41) is 12.1. The smallest absolute Gasteiger partial charge is 0.322 e. The minimum absolute atomic E-state index is 0.0833. The fraction of sp³-hybridized carbons (Fsp3) is 0.833. The van der Waals surface area contributed by atoms with E-state index in [0.29, 0.717) is 18.6 Å². The van der Waals surface area contributed by atoms with Gasteiger partial charge in [-0.25, -0.2) is 0 Å². The zero-order valence-electron chi connectivity index (χ0n) is 15.7. The molecule has 5 atom stereocenters. The van der Waals surface area contributed by atoms with Crippen molar-refractivity contribution in [2.45, 2.75) is 71.0 Å². The van der Waals surface area contributed by atoms with Crippen molar-refractivity contribution in [3.8, 4) is 0 Å². The standard InChI is InChI=1S/C18H32N2O5/c1-18(2,3)13-7-5-6-12(13)15(9-14(19)17(24)25-4)20-11(10-21)8-16(22)23/h10-15,20H,5-9,19H2,1-4H3,(H,22,23)/t11-,12?,13?,14?,15?/m1/s1. The summed E-state index contributed by atoms with van der Waals surface area (Å²) in [5.74, 6) is -0.906. The van der Waals surface area contributed by atoms with E-state index in [1.807, 2.05) is 0 Å². The second kappa shape index (κ2) is 9.29. The average Bonchev–Trinajstić information content (AvgIpc) is 3.01. The fourth-order valence-corrected chi connectivity index (χ4v) is 4.04. The zero-order chi connectivity index (χ0) is 19.2. The molecule has 7 nitrogen and oxygen atoms in total. The second-order valence-corrected chi connectivity index (χ2v) is 8.05. The first-order chi connectivity index (χ1) is 11.6. The molecular formula is C18H32N2O5. The van der Waals surface area contributed by atoms with Crippen LogP contribution in [0, 0.1) is 17.3 Å². The lowest BCUT2D eigenvalue weighted by molar-refractivity contribution is -0.143. The normalized spacial score (nSPS) is 24.4. The zero-order valence-corrected chi connectivity index (χ0v) is 15.7. The molecule has 0 aromatic rings. The number of aliphatic carboxylic acids is 1. The number of esters is 1. The average molecular weight is 356 g/mol. The number of carboxylic acid groups (broad SMARTS) is 1. The van der Waals surface area contributed by atoms with Gasteiger partial charge in [0.2, 0.25) is 0 Å². The SMILES string of the molecule is COC(=O)C(N)CC(N[C@@H](C=O)CC(=O)O)C1CCCC1C(C)(C)C. The molecule has 0 aliphatic heterocycles. The van der Waals surface area contributed by atoms with Crippen LogP contribution in [0.3, 0.4) is 0 Å². The minimum Gasteiger partial charge on any atom is -0.481 e. The van der Waals surface area contributed by atoms with Gasteiger partial charge in [-0.2, -0.15) is 0 Å². The van der Waals surface area contributed by atoms with Gasteiger partial charge in [0.05, 0.1) is 19.6 Å². The Labute approximate surface area is 149 Å². The van der Waals surface area contributed by atoms with E-state index >= 15 is 0 Å². The Morgan fingerprint density at radius 3 is 2.48 bits per heavy atom. The topological polar surface area (TPSA) is 119 Å². The molecule has 1 aliphatic rings. The maximum Gasteiger partial charge on any atom is 0.322 e. The molecular weight excluding hydrogens is 324 g/mol. The number of hydrogen-bond donors (Lipinski definition) is 3. The van der Waals surface area contributed by atoms with Gasteiger partial charge in [0.15, 0.2) is 0 Å². The Morgan fingerprint density at radius 2 is 2.00 bits per heavy atom. The number of nitrogens with two attached hydrogens (primary N) is 1. The molecule has 1 rings (SSSR count). The number of aldehydes is 1. The Bertz CT molecular complexity index is 475. The summed E-state index contributed by atoms with van der Waals surface area (Å²) in [6.45, 7) is 6.55. The molecule has 4 unspecified atom stereocenters. The summed E-state index contributed by atoms with van der Waals surface area (Å²) in [6, 6.07) is -1.82. The van der Waals surface area contributed by atoms with Crippen molar-refractivity contribution in [3.63, 3.8) is 0 Å². The van der Waals surface area contributed by atoms with Crippen molar-refractivity contribution >= 4 is 18.2 Å². The van der Waals surface area contributed by atoms with Crippen LogP contribution in [0.25, 0.3) is 0 Å². The van der Waals surface area contributed by atoms with Crippen molar-refractivity contribution in [3.05, 3.63) is 0 Å². The van der Waals surface area contributed by atoms with Crippen LogP contribution in [0.4, 0.5) is 0 Å². The number of nitrogens with one attached hydrogen (secondary N) is 1. The fourth-order valence-electron chi connectivity index (χ4n) is 4.04. The largest absolute Gasteiger partial charge is 0.481 e. The lowest BCUT2D eigenvalue weighted by Crippen LogP contribution is -2.50. The number of carboxylic acids is 1. The summed E-state index contributed by atoms with van der Waals surface area (Å²) in [7, 11) is 1.29. The number of carbonyl (C=O) groups is 3. The molecule has 1 aliphatic carbocycles. The molecule has 1 fully saturated rings. The van der Waals surface area contributed by atoms with Crippen molar-refractivity contribution in [2.24, 2.45) is 23.0 Å². The highest BCUT2D eigenvalue weighted by Crippen LogP contribution is 2.45. The van der Waals surface area contributed by atoms with Crippen LogP contribution < -0.4 is 11.1 Å². The molecule has 144 valence electrons. The highest BCUT2D eigenvalue weighted by atomic mass is 16.5. The third-order valence-corrected chi connectivity index (χ3v) is 5.20. The quantitative estimate of drug-likeness (QED) is 0.421. The predicted molar refractivity (Wildman–Crippen MR) is 93.9 cm³/mol. The van der Waals surface area contributed by atoms with Gasteiger partial charge in [0.1, 0.15) is 12.3 Å². The Hall–Kier alpha value is -1.47. The van der Waals surface area contributed by atoms with Crippen molar-refractivity contribution in [2.75, 3.05) is 7.11 Å². The van der Waals surface area contributed by atoms with Crippen LogP contribution >= 0.6 is 0 Å². The Morgan fingerprint density at radius 1 is 1.36 bits per heavy atom. The van der Waals surface area contributed by atoms with Gasteiger partial charge in [-0.3, -0.25) is 9.59 Å². The first-order valence-corrected chi connectivity index (χ1v) is 8.86. The molecule has 4 N–H and O–H groups in total. The molecule has 0 aromatic heterocycles. The highest BCUT2D eigenvalue weighted by molar-refractivity contribution is 5.75. The van der Waals surface area contributed by atoms with Crippen molar-refractivity contribution < 1.29 is 24.2 Å². The number of carbonyl (C=O) groups excluding carboxylic acids is 2. The van der Waals surface area contributed by atoms with Gasteiger partial charge in [-0.15, -0.1) is 0 Å². The monoisotopic (exact) mass is 356 g/mol. The molecule has 0 bridgehead atoms.